The number of aromatic nitrogens is 2. The highest BCUT2D eigenvalue weighted by molar-refractivity contribution is 5.36. The van der Waals surface area contributed by atoms with Crippen LogP contribution in [0.5, 0.6) is 17.5 Å². The Morgan fingerprint density at radius 3 is 2.81 bits per heavy atom. The first-order valence-electron chi connectivity index (χ1n) is 10.5. The lowest BCUT2D eigenvalue weighted by Gasteiger charge is -2.37. The predicted molar refractivity (Wildman–Crippen MR) is 107 cm³/mol. The first kappa shape index (κ1) is 21.7. The summed E-state index contributed by atoms with van der Waals surface area (Å²) in [4.78, 5) is 10.9. The highest BCUT2D eigenvalue weighted by Gasteiger charge is 2.32. The van der Waals surface area contributed by atoms with Crippen molar-refractivity contribution in [2.24, 2.45) is 5.92 Å². The molecule has 2 aromatic rings. The molecule has 4 rings (SSSR count). The number of likely N-dealkylation sites (tertiary alicyclic amines) is 1. The molecular weight excluding hydrogens is 411 g/mol. The number of piperidine rings is 1. The van der Waals surface area contributed by atoms with E-state index in [0.29, 0.717) is 42.9 Å². The van der Waals surface area contributed by atoms with Crippen LogP contribution in [0.25, 0.3) is 0 Å². The summed E-state index contributed by atoms with van der Waals surface area (Å²) in [5, 5.41) is 0. The fraction of sp³-hybridized carbons (Fsp3) is 0.545. The van der Waals surface area contributed by atoms with Gasteiger partial charge in [-0.3, -0.25) is 4.90 Å². The number of halogens is 3. The van der Waals surface area contributed by atoms with Gasteiger partial charge >= 0.3 is 6.36 Å². The molecule has 1 saturated heterocycles. The summed E-state index contributed by atoms with van der Waals surface area (Å²) >= 11 is 0. The SMILES string of the molecule is Cc1cc(C[C@H]2CCCN(C(C)c3ccc4c(n3)OCCO4)C2)cc(OC(F)(F)F)n1. The van der Waals surface area contributed by atoms with E-state index in [-0.39, 0.29) is 6.04 Å². The van der Waals surface area contributed by atoms with Gasteiger partial charge in [-0.25, -0.2) is 9.97 Å². The Morgan fingerprint density at radius 2 is 2.00 bits per heavy atom. The fourth-order valence-corrected chi connectivity index (χ4v) is 4.31. The van der Waals surface area contributed by atoms with Crippen molar-refractivity contribution < 1.29 is 27.4 Å². The van der Waals surface area contributed by atoms with Gasteiger partial charge in [0, 0.05) is 24.3 Å². The zero-order valence-electron chi connectivity index (χ0n) is 17.6. The van der Waals surface area contributed by atoms with Crippen LogP contribution >= 0.6 is 0 Å². The van der Waals surface area contributed by atoms with Crippen molar-refractivity contribution in [1.82, 2.24) is 14.9 Å². The number of alkyl halides is 3. The van der Waals surface area contributed by atoms with Gasteiger partial charge in [-0.1, -0.05) is 0 Å². The Balaban J connectivity index is 1.43. The molecule has 0 aromatic carbocycles. The Hall–Kier alpha value is -2.55. The summed E-state index contributed by atoms with van der Waals surface area (Å²) in [6.07, 6.45) is -2.02. The molecule has 4 heterocycles. The molecule has 2 aliphatic heterocycles. The lowest BCUT2D eigenvalue weighted by molar-refractivity contribution is -0.276. The Morgan fingerprint density at radius 1 is 1.19 bits per heavy atom. The summed E-state index contributed by atoms with van der Waals surface area (Å²) in [5.74, 6) is 1.13. The Bertz CT molecular complexity index is 923. The topological polar surface area (TPSA) is 56.7 Å². The highest BCUT2D eigenvalue weighted by atomic mass is 19.4. The fourth-order valence-electron chi connectivity index (χ4n) is 4.31. The van der Waals surface area contributed by atoms with E-state index in [4.69, 9.17) is 9.47 Å². The van der Waals surface area contributed by atoms with E-state index in [1.807, 2.05) is 18.2 Å². The third-order valence-electron chi connectivity index (χ3n) is 5.69. The minimum absolute atomic E-state index is 0.0990. The van der Waals surface area contributed by atoms with Crippen LogP contribution in [-0.2, 0) is 6.42 Å². The van der Waals surface area contributed by atoms with Crippen LogP contribution in [0.2, 0.25) is 0 Å². The van der Waals surface area contributed by atoms with E-state index in [1.54, 1.807) is 6.92 Å². The van der Waals surface area contributed by atoms with Gasteiger partial charge in [-0.05, 0) is 69.3 Å². The summed E-state index contributed by atoms with van der Waals surface area (Å²) in [6, 6.07) is 7.19. The molecule has 0 saturated carbocycles. The van der Waals surface area contributed by atoms with Gasteiger partial charge in [0.1, 0.15) is 13.2 Å². The molecule has 0 radical (unpaired) electrons. The van der Waals surface area contributed by atoms with E-state index in [0.717, 1.165) is 37.2 Å². The van der Waals surface area contributed by atoms with Gasteiger partial charge in [0.05, 0.1) is 5.69 Å². The molecular formula is C22H26F3N3O3. The summed E-state index contributed by atoms with van der Waals surface area (Å²) in [5.41, 5.74) is 2.24. The molecule has 1 fully saturated rings. The smallest absolute Gasteiger partial charge is 0.484 e. The van der Waals surface area contributed by atoms with E-state index in [2.05, 4.69) is 26.5 Å². The summed E-state index contributed by atoms with van der Waals surface area (Å²) in [7, 11) is 0. The second-order valence-corrected chi connectivity index (χ2v) is 8.12. The van der Waals surface area contributed by atoms with Crippen molar-refractivity contribution in [3.63, 3.8) is 0 Å². The van der Waals surface area contributed by atoms with Crippen LogP contribution in [0.4, 0.5) is 13.2 Å². The normalized spacial score (nSPS) is 20.4. The number of hydrogen-bond acceptors (Lipinski definition) is 6. The minimum atomic E-state index is -4.74. The van der Waals surface area contributed by atoms with Crippen LogP contribution in [0.1, 0.15) is 42.8 Å². The van der Waals surface area contributed by atoms with Crippen molar-refractivity contribution in [1.29, 1.82) is 0 Å². The first-order chi connectivity index (χ1) is 14.8. The second-order valence-electron chi connectivity index (χ2n) is 8.12. The quantitative estimate of drug-likeness (QED) is 0.688. The van der Waals surface area contributed by atoms with Crippen LogP contribution in [-0.4, -0.2) is 47.5 Å². The first-order valence-corrected chi connectivity index (χ1v) is 10.5. The molecule has 0 N–H and O–H groups in total. The predicted octanol–water partition coefficient (Wildman–Crippen LogP) is 4.47. The summed E-state index contributed by atoms with van der Waals surface area (Å²) in [6.45, 7) is 6.61. The molecule has 2 aliphatic rings. The number of aryl methyl sites for hydroxylation is 1. The number of ether oxygens (including phenoxy) is 3. The number of fused-ring (bicyclic) bond motifs is 1. The monoisotopic (exact) mass is 437 g/mol. The zero-order valence-corrected chi connectivity index (χ0v) is 17.6. The molecule has 2 atom stereocenters. The van der Waals surface area contributed by atoms with Crippen LogP contribution < -0.4 is 14.2 Å². The van der Waals surface area contributed by atoms with E-state index >= 15 is 0 Å². The molecule has 1 unspecified atom stereocenters. The Labute approximate surface area is 179 Å². The molecule has 2 aromatic heterocycles. The molecule has 0 bridgehead atoms. The number of nitrogens with zero attached hydrogens (tertiary/aromatic N) is 3. The molecule has 0 amide bonds. The third kappa shape index (κ3) is 5.58. The van der Waals surface area contributed by atoms with Gasteiger partial charge in [-0.15, -0.1) is 13.2 Å². The van der Waals surface area contributed by atoms with Crippen molar-refractivity contribution in [2.75, 3.05) is 26.3 Å². The molecule has 0 spiro atoms. The Kier molecular flexibility index (Phi) is 6.22. The van der Waals surface area contributed by atoms with Gasteiger partial charge in [-0.2, -0.15) is 0 Å². The third-order valence-corrected chi connectivity index (χ3v) is 5.69. The van der Waals surface area contributed by atoms with Gasteiger partial charge in [0.2, 0.25) is 5.88 Å². The molecule has 0 aliphatic carbocycles. The van der Waals surface area contributed by atoms with Crippen molar-refractivity contribution >= 4 is 0 Å². The van der Waals surface area contributed by atoms with Gasteiger partial charge < -0.3 is 14.2 Å². The van der Waals surface area contributed by atoms with Crippen LogP contribution in [0.15, 0.2) is 24.3 Å². The number of rotatable bonds is 5. The van der Waals surface area contributed by atoms with Crippen LogP contribution in [0, 0.1) is 12.8 Å². The van der Waals surface area contributed by atoms with E-state index in [1.165, 1.54) is 6.07 Å². The van der Waals surface area contributed by atoms with Crippen molar-refractivity contribution in [3.8, 4) is 17.5 Å². The largest absolute Gasteiger partial charge is 0.574 e. The average molecular weight is 437 g/mol. The summed E-state index contributed by atoms with van der Waals surface area (Å²) < 4.78 is 52.9. The standard InChI is InChI=1S/C22H26F3N3O3/c1-14-10-17(12-20(26-14)31-22(23,24)25)11-16-4-3-7-28(13-16)15(2)18-5-6-19-21(27-18)30-9-8-29-19/h5-6,10,12,15-16H,3-4,7-9,11,13H2,1-2H3/t15?,16-/m1/s1. The molecule has 31 heavy (non-hydrogen) atoms. The van der Waals surface area contributed by atoms with Gasteiger partial charge in [0.25, 0.3) is 5.88 Å². The number of pyridine rings is 2. The maximum absolute atomic E-state index is 12.6. The second kappa shape index (κ2) is 8.90. The minimum Gasteiger partial charge on any atom is -0.484 e. The van der Waals surface area contributed by atoms with E-state index < -0.39 is 12.2 Å². The highest BCUT2D eigenvalue weighted by Crippen LogP contribution is 2.33. The lowest BCUT2D eigenvalue weighted by Crippen LogP contribution is -2.38. The number of hydrogen-bond donors (Lipinski definition) is 0. The molecule has 168 valence electrons. The maximum Gasteiger partial charge on any atom is 0.574 e. The van der Waals surface area contributed by atoms with Gasteiger partial charge in [0.15, 0.2) is 5.75 Å². The average Bonchev–Trinajstić information content (AvgIpc) is 2.71. The molecule has 6 nitrogen and oxygen atoms in total. The van der Waals surface area contributed by atoms with E-state index in [9.17, 15) is 13.2 Å². The van der Waals surface area contributed by atoms with Crippen molar-refractivity contribution in [2.45, 2.75) is 45.5 Å². The zero-order chi connectivity index (χ0) is 22.0. The lowest BCUT2D eigenvalue weighted by atomic mass is 9.90. The maximum atomic E-state index is 12.6. The molecule has 9 heteroatoms. The van der Waals surface area contributed by atoms with Crippen molar-refractivity contribution in [3.05, 3.63) is 41.2 Å². The van der Waals surface area contributed by atoms with Crippen LogP contribution in [0.3, 0.4) is 0 Å².